The average molecular weight is 467 g/mol. The fraction of sp³-hybridized carbons (Fsp3) is 0.200. The van der Waals surface area contributed by atoms with Gasteiger partial charge in [0, 0.05) is 17.1 Å². The number of nitrogens with one attached hydrogen (secondary N) is 1. The van der Waals surface area contributed by atoms with Gasteiger partial charge >= 0.3 is 0 Å². The van der Waals surface area contributed by atoms with E-state index in [1.54, 1.807) is 59.5 Å². The zero-order chi connectivity index (χ0) is 22.7. The highest BCUT2D eigenvalue weighted by atomic mass is 35.5. The molecule has 0 saturated heterocycles. The summed E-state index contributed by atoms with van der Waals surface area (Å²) in [5.41, 5.74) is 2.17. The highest BCUT2D eigenvalue weighted by molar-refractivity contribution is 7.85. The number of amides is 2. The van der Waals surface area contributed by atoms with Crippen LogP contribution in [0.5, 0.6) is 0 Å². The summed E-state index contributed by atoms with van der Waals surface area (Å²) in [5, 5.41) is 3.51. The van der Waals surface area contributed by atoms with Crippen LogP contribution in [-0.4, -0.2) is 22.6 Å². The molecular formula is C25H23ClN2O3S. The Hall–Kier alpha value is -2.96. The molecule has 7 heteroatoms. The summed E-state index contributed by atoms with van der Waals surface area (Å²) >= 11 is 6.02. The topological polar surface area (TPSA) is 66.5 Å². The van der Waals surface area contributed by atoms with Gasteiger partial charge in [-0.1, -0.05) is 49.2 Å². The van der Waals surface area contributed by atoms with E-state index in [0.717, 1.165) is 18.4 Å². The number of benzene rings is 3. The fourth-order valence-electron chi connectivity index (χ4n) is 3.61. The first kappa shape index (κ1) is 22.2. The van der Waals surface area contributed by atoms with Crippen molar-refractivity contribution in [3.8, 4) is 0 Å². The van der Waals surface area contributed by atoms with E-state index in [1.165, 1.54) is 0 Å². The predicted molar refractivity (Wildman–Crippen MR) is 127 cm³/mol. The Morgan fingerprint density at radius 1 is 1.03 bits per heavy atom. The highest BCUT2D eigenvalue weighted by Crippen LogP contribution is 2.36. The quantitative estimate of drug-likeness (QED) is 0.508. The molecule has 1 atom stereocenters. The minimum atomic E-state index is -1.55. The summed E-state index contributed by atoms with van der Waals surface area (Å²) in [4.78, 5) is 28.8. The molecule has 0 aromatic heterocycles. The molecule has 0 aliphatic carbocycles. The van der Waals surface area contributed by atoms with Gasteiger partial charge in [0.15, 0.2) is 0 Å². The Labute approximate surface area is 194 Å². The van der Waals surface area contributed by atoms with E-state index >= 15 is 0 Å². The smallest absolute Gasteiger partial charge is 0.259 e. The lowest BCUT2D eigenvalue weighted by atomic mass is 10.1. The van der Waals surface area contributed by atoms with Crippen molar-refractivity contribution in [3.05, 3.63) is 88.4 Å². The third-order valence-electron chi connectivity index (χ3n) is 5.34. The number of nitrogens with zero attached hydrogens (tertiary/aromatic N) is 1. The van der Waals surface area contributed by atoms with Gasteiger partial charge in [0.1, 0.15) is 0 Å². The van der Waals surface area contributed by atoms with Gasteiger partial charge < -0.3 is 10.2 Å². The Kier molecular flexibility index (Phi) is 6.72. The molecule has 1 aliphatic rings. The van der Waals surface area contributed by atoms with Crippen molar-refractivity contribution in [2.75, 3.05) is 11.4 Å². The number of carbonyl (C=O) groups excluding carboxylic acids is 2. The maximum absolute atomic E-state index is 13.6. The molecule has 2 amide bonds. The zero-order valence-electron chi connectivity index (χ0n) is 17.6. The van der Waals surface area contributed by atoms with Crippen molar-refractivity contribution >= 4 is 39.9 Å². The first-order chi connectivity index (χ1) is 15.5. The van der Waals surface area contributed by atoms with Crippen LogP contribution in [0.4, 0.5) is 5.69 Å². The Balaban J connectivity index is 1.80. The van der Waals surface area contributed by atoms with Gasteiger partial charge in [0.25, 0.3) is 11.8 Å². The first-order valence-electron chi connectivity index (χ1n) is 10.5. The molecule has 0 radical (unpaired) electrons. The third kappa shape index (κ3) is 4.47. The second kappa shape index (κ2) is 9.67. The minimum absolute atomic E-state index is 0.215. The zero-order valence-corrected chi connectivity index (χ0v) is 19.2. The SMILES string of the molecule is CCCCNC(=O)c1ccc2c(c1)N(Cc1ccc(Cl)cc1)C(=O)c1ccccc1[S@]2=O. The first-order valence-corrected chi connectivity index (χ1v) is 12.0. The van der Waals surface area contributed by atoms with Crippen molar-refractivity contribution < 1.29 is 13.8 Å². The summed E-state index contributed by atoms with van der Waals surface area (Å²) in [7, 11) is -1.55. The standard InChI is InChI=1S/C25H23ClN2O3S/c1-2-3-14-27-24(29)18-10-13-23-21(15-18)28(16-17-8-11-19(26)12-9-17)25(30)20-6-4-5-7-22(20)32(23)31/h4-13,15H,2-3,14,16H2,1H3,(H,27,29)/t32-/m1/s1. The molecule has 0 unspecified atom stereocenters. The molecule has 0 fully saturated rings. The lowest BCUT2D eigenvalue weighted by Gasteiger charge is -2.23. The van der Waals surface area contributed by atoms with Crippen LogP contribution >= 0.6 is 11.6 Å². The number of unbranched alkanes of at least 4 members (excludes halogenated alkanes) is 1. The number of anilines is 1. The number of hydrogen-bond acceptors (Lipinski definition) is 3. The number of hydrogen-bond donors (Lipinski definition) is 1. The molecule has 1 aliphatic heterocycles. The second-order valence-corrected chi connectivity index (χ2v) is 9.43. The van der Waals surface area contributed by atoms with E-state index in [-0.39, 0.29) is 18.4 Å². The van der Waals surface area contributed by atoms with Gasteiger partial charge in [-0.2, -0.15) is 0 Å². The molecule has 1 heterocycles. The lowest BCUT2D eigenvalue weighted by Crippen LogP contribution is -2.31. The highest BCUT2D eigenvalue weighted by Gasteiger charge is 2.31. The van der Waals surface area contributed by atoms with E-state index in [9.17, 15) is 13.8 Å². The molecule has 0 bridgehead atoms. The van der Waals surface area contributed by atoms with Gasteiger partial charge in [-0.3, -0.25) is 9.59 Å². The van der Waals surface area contributed by atoms with Gasteiger partial charge in [-0.25, -0.2) is 4.21 Å². The summed E-state index contributed by atoms with van der Waals surface area (Å²) in [6.45, 7) is 2.90. The van der Waals surface area contributed by atoms with Crippen LogP contribution in [0.2, 0.25) is 5.02 Å². The second-order valence-electron chi connectivity index (χ2n) is 7.57. The Bertz CT molecular complexity index is 1190. The van der Waals surface area contributed by atoms with Crippen LogP contribution < -0.4 is 10.2 Å². The van der Waals surface area contributed by atoms with Gasteiger partial charge in [0.05, 0.1) is 38.4 Å². The molecule has 4 rings (SSSR count). The van der Waals surface area contributed by atoms with E-state index in [1.807, 2.05) is 12.1 Å². The molecule has 3 aromatic rings. The number of carbonyl (C=O) groups is 2. The summed E-state index contributed by atoms with van der Waals surface area (Å²) in [6.07, 6.45) is 1.86. The minimum Gasteiger partial charge on any atom is -0.352 e. The molecular weight excluding hydrogens is 444 g/mol. The Morgan fingerprint density at radius 2 is 1.78 bits per heavy atom. The van der Waals surface area contributed by atoms with Crippen LogP contribution in [0.3, 0.4) is 0 Å². The summed E-state index contributed by atoms with van der Waals surface area (Å²) in [5.74, 6) is -0.473. The average Bonchev–Trinajstić information content (AvgIpc) is 2.90. The van der Waals surface area contributed by atoms with Crippen LogP contribution in [0.25, 0.3) is 0 Å². The summed E-state index contributed by atoms with van der Waals surface area (Å²) in [6, 6.07) is 19.2. The third-order valence-corrected chi connectivity index (χ3v) is 7.10. The molecule has 0 saturated carbocycles. The van der Waals surface area contributed by atoms with Crippen molar-refractivity contribution in [2.24, 2.45) is 0 Å². The molecule has 3 aromatic carbocycles. The van der Waals surface area contributed by atoms with Crippen LogP contribution in [0.1, 0.15) is 46.0 Å². The van der Waals surface area contributed by atoms with Crippen molar-refractivity contribution in [1.82, 2.24) is 5.32 Å². The molecule has 164 valence electrons. The number of halogens is 1. The van der Waals surface area contributed by atoms with Crippen molar-refractivity contribution in [2.45, 2.75) is 36.1 Å². The predicted octanol–water partition coefficient (Wildman–Crippen LogP) is 5.20. The van der Waals surface area contributed by atoms with E-state index < -0.39 is 10.8 Å². The van der Waals surface area contributed by atoms with Crippen molar-refractivity contribution in [3.63, 3.8) is 0 Å². The van der Waals surface area contributed by atoms with Crippen LogP contribution in [-0.2, 0) is 17.3 Å². The normalized spacial score (nSPS) is 15.0. The van der Waals surface area contributed by atoms with Gasteiger partial charge in [-0.05, 0) is 54.4 Å². The lowest BCUT2D eigenvalue weighted by molar-refractivity contribution is 0.0949. The maximum atomic E-state index is 13.6. The fourth-order valence-corrected chi connectivity index (χ4v) is 5.09. The Morgan fingerprint density at radius 3 is 2.53 bits per heavy atom. The van der Waals surface area contributed by atoms with Gasteiger partial charge in [-0.15, -0.1) is 0 Å². The van der Waals surface area contributed by atoms with Crippen LogP contribution in [0.15, 0.2) is 76.5 Å². The van der Waals surface area contributed by atoms with Crippen LogP contribution in [0, 0.1) is 0 Å². The largest absolute Gasteiger partial charge is 0.352 e. The molecule has 5 nitrogen and oxygen atoms in total. The molecule has 32 heavy (non-hydrogen) atoms. The monoisotopic (exact) mass is 466 g/mol. The van der Waals surface area contributed by atoms with E-state index in [0.29, 0.717) is 38.2 Å². The van der Waals surface area contributed by atoms with E-state index in [2.05, 4.69) is 12.2 Å². The summed E-state index contributed by atoms with van der Waals surface area (Å²) < 4.78 is 13.4. The van der Waals surface area contributed by atoms with E-state index in [4.69, 9.17) is 11.6 Å². The molecule has 1 N–H and O–H groups in total. The maximum Gasteiger partial charge on any atom is 0.259 e. The molecule has 0 spiro atoms. The van der Waals surface area contributed by atoms with Gasteiger partial charge in [0.2, 0.25) is 0 Å². The number of rotatable bonds is 6. The van der Waals surface area contributed by atoms with Crippen molar-refractivity contribution in [1.29, 1.82) is 0 Å². The number of fused-ring (bicyclic) bond motifs is 2.